The van der Waals surface area contributed by atoms with E-state index in [4.69, 9.17) is 14.3 Å². The summed E-state index contributed by atoms with van der Waals surface area (Å²) in [6, 6.07) is 10.0. The normalized spacial score (nSPS) is 10.8. The van der Waals surface area contributed by atoms with Crippen molar-refractivity contribution in [3.05, 3.63) is 64.5 Å². The molecule has 0 aliphatic rings. The molecule has 118 valence electrons. The fraction of sp³-hybridized carbons (Fsp3) is 0.176. The number of furan rings is 1. The van der Waals surface area contributed by atoms with Gasteiger partial charge in [-0.05, 0) is 48.7 Å². The molecular formula is C17H15NO5. The largest absolute Gasteiger partial charge is 0.494 e. The number of benzene rings is 1. The number of hydrogen-bond acceptors (Lipinski definition) is 4. The number of nitrogens with zero attached hydrogens (tertiary/aromatic N) is 1. The average Bonchev–Trinajstić information content (AvgIpc) is 2.99. The van der Waals surface area contributed by atoms with Crippen LogP contribution < -0.4 is 10.3 Å². The molecule has 0 saturated heterocycles. The number of carbonyl (C=O) groups is 1. The molecule has 0 spiro atoms. The number of aromatic nitrogens is 1. The Labute approximate surface area is 131 Å². The summed E-state index contributed by atoms with van der Waals surface area (Å²) in [5.41, 5.74) is -0.168. The molecule has 0 aliphatic heterocycles. The number of hydrogen-bond donors (Lipinski definition) is 1. The Morgan fingerprint density at radius 2 is 2.09 bits per heavy atom. The average molecular weight is 313 g/mol. The highest BCUT2D eigenvalue weighted by Gasteiger charge is 2.11. The topological polar surface area (TPSA) is 81.7 Å². The third-order valence-electron chi connectivity index (χ3n) is 3.46. The second-order valence-corrected chi connectivity index (χ2v) is 5.00. The molecule has 6 nitrogen and oxygen atoms in total. The Bertz CT molecular complexity index is 922. The minimum atomic E-state index is -1.13. The molecule has 2 heterocycles. The number of carboxylic acid groups (broad SMARTS) is 1. The van der Waals surface area contributed by atoms with Crippen LogP contribution in [0.1, 0.15) is 23.2 Å². The molecule has 0 saturated carbocycles. The van der Waals surface area contributed by atoms with Crippen molar-refractivity contribution < 1.29 is 19.1 Å². The van der Waals surface area contributed by atoms with E-state index in [-0.39, 0.29) is 17.9 Å². The zero-order valence-corrected chi connectivity index (χ0v) is 12.5. The molecule has 3 rings (SSSR count). The second kappa shape index (κ2) is 6.00. The van der Waals surface area contributed by atoms with E-state index in [0.29, 0.717) is 23.5 Å². The van der Waals surface area contributed by atoms with Crippen LogP contribution in [0.2, 0.25) is 0 Å². The number of ether oxygens (including phenoxy) is 1. The number of fused-ring (bicyclic) bond motifs is 1. The zero-order chi connectivity index (χ0) is 16.4. The fourth-order valence-electron chi connectivity index (χ4n) is 2.39. The molecule has 0 radical (unpaired) electrons. The minimum Gasteiger partial charge on any atom is -0.494 e. The van der Waals surface area contributed by atoms with Gasteiger partial charge in [-0.3, -0.25) is 4.79 Å². The van der Waals surface area contributed by atoms with Crippen LogP contribution in [-0.2, 0) is 6.54 Å². The third-order valence-corrected chi connectivity index (χ3v) is 3.46. The summed E-state index contributed by atoms with van der Waals surface area (Å²) in [7, 11) is 0. The first-order valence-electron chi connectivity index (χ1n) is 7.16. The summed E-state index contributed by atoms with van der Waals surface area (Å²) in [4.78, 5) is 23.3. The lowest BCUT2D eigenvalue weighted by Crippen LogP contribution is -2.19. The molecule has 1 aromatic carbocycles. The maximum Gasteiger partial charge on any atom is 0.371 e. The van der Waals surface area contributed by atoms with Crippen LogP contribution >= 0.6 is 0 Å². The van der Waals surface area contributed by atoms with Gasteiger partial charge in [-0.15, -0.1) is 0 Å². The Hall–Kier alpha value is -3.02. The van der Waals surface area contributed by atoms with Crippen molar-refractivity contribution >= 4 is 16.7 Å². The van der Waals surface area contributed by atoms with Crippen LogP contribution in [0.5, 0.6) is 5.75 Å². The van der Waals surface area contributed by atoms with Crippen LogP contribution in [0.4, 0.5) is 0 Å². The molecule has 0 bridgehead atoms. The first kappa shape index (κ1) is 14.9. The van der Waals surface area contributed by atoms with Crippen LogP contribution in [0, 0.1) is 0 Å². The van der Waals surface area contributed by atoms with Gasteiger partial charge in [0.15, 0.2) is 0 Å². The van der Waals surface area contributed by atoms with Gasteiger partial charge in [-0.2, -0.15) is 0 Å². The van der Waals surface area contributed by atoms with Crippen molar-refractivity contribution in [3.63, 3.8) is 0 Å². The molecule has 0 unspecified atom stereocenters. The number of rotatable bonds is 5. The molecular weight excluding hydrogens is 298 g/mol. The lowest BCUT2D eigenvalue weighted by atomic mass is 10.1. The van der Waals surface area contributed by atoms with Gasteiger partial charge in [-0.1, -0.05) is 0 Å². The predicted molar refractivity (Wildman–Crippen MR) is 84.1 cm³/mol. The van der Waals surface area contributed by atoms with Crippen LogP contribution in [-0.4, -0.2) is 22.2 Å². The summed E-state index contributed by atoms with van der Waals surface area (Å²) < 4.78 is 12.1. The Morgan fingerprint density at radius 1 is 1.26 bits per heavy atom. The minimum absolute atomic E-state index is 0.143. The SMILES string of the molecule is CCOc1ccc2c(=O)n(Cc3ccc(C(=O)O)o3)ccc2c1. The smallest absolute Gasteiger partial charge is 0.371 e. The summed E-state index contributed by atoms with van der Waals surface area (Å²) in [6.07, 6.45) is 1.66. The maximum absolute atomic E-state index is 12.5. The molecule has 0 fully saturated rings. The van der Waals surface area contributed by atoms with E-state index >= 15 is 0 Å². The van der Waals surface area contributed by atoms with Gasteiger partial charge in [0.2, 0.25) is 5.76 Å². The number of carboxylic acids is 1. The fourth-order valence-corrected chi connectivity index (χ4v) is 2.39. The Kier molecular flexibility index (Phi) is 3.89. The van der Waals surface area contributed by atoms with Gasteiger partial charge in [-0.25, -0.2) is 4.79 Å². The van der Waals surface area contributed by atoms with Crippen molar-refractivity contribution in [3.8, 4) is 5.75 Å². The van der Waals surface area contributed by atoms with Crippen LogP contribution in [0.25, 0.3) is 10.8 Å². The van der Waals surface area contributed by atoms with Crippen molar-refractivity contribution in [2.45, 2.75) is 13.5 Å². The lowest BCUT2D eigenvalue weighted by molar-refractivity contribution is 0.0660. The molecule has 0 amide bonds. The molecule has 1 N–H and O–H groups in total. The molecule has 0 aliphatic carbocycles. The van der Waals surface area contributed by atoms with E-state index in [1.54, 1.807) is 24.4 Å². The highest BCUT2D eigenvalue weighted by atomic mass is 16.5. The van der Waals surface area contributed by atoms with Gasteiger partial charge in [0.1, 0.15) is 11.5 Å². The summed E-state index contributed by atoms with van der Waals surface area (Å²) in [5.74, 6) is -0.148. The van der Waals surface area contributed by atoms with E-state index in [2.05, 4.69) is 0 Å². The van der Waals surface area contributed by atoms with Crippen molar-refractivity contribution in [2.24, 2.45) is 0 Å². The zero-order valence-electron chi connectivity index (χ0n) is 12.5. The standard InChI is InChI=1S/C17H15NO5/c1-2-22-12-3-5-14-11(9-12)7-8-18(16(14)19)10-13-4-6-15(23-13)17(20)21/h3-9H,2,10H2,1H3,(H,20,21). The molecule has 2 aromatic heterocycles. The van der Waals surface area contributed by atoms with Gasteiger partial charge < -0.3 is 18.8 Å². The maximum atomic E-state index is 12.5. The quantitative estimate of drug-likeness (QED) is 0.783. The van der Waals surface area contributed by atoms with Crippen LogP contribution in [0.15, 0.2) is 51.8 Å². The predicted octanol–water partition coefficient (Wildman–Crippen LogP) is 2.74. The van der Waals surface area contributed by atoms with Crippen molar-refractivity contribution in [1.29, 1.82) is 0 Å². The Balaban J connectivity index is 1.95. The monoisotopic (exact) mass is 313 g/mol. The van der Waals surface area contributed by atoms with Crippen molar-refractivity contribution in [1.82, 2.24) is 4.57 Å². The summed E-state index contributed by atoms with van der Waals surface area (Å²) in [6.45, 7) is 2.64. The highest BCUT2D eigenvalue weighted by molar-refractivity contribution is 5.84. The highest BCUT2D eigenvalue weighted by Crippen LogP contribution is 2.18. The first-order chi connectivity index (χ1) is 11.1. The van der Waals surface area contributed by atoms with Gasteiger partial charge >= 0.3 is 5.97 Å². The molecule has 23 heavy (non-hydrogen) atoms. The first-order valence-corrected chi connectivity index (χ1v) is 7.16. The Morgan fingerprint density at radius 3 is 2.78 bits per heavy atom. The van der Waals surface area contributed by atoms with E-state index in [0.717, 1.165) is 5.39 Å². The van der Waals surface area contributed by atoms with Crippen LogP contribution in [0.3, 0.4) is 0 Å². The van der Waals surface area contributed by atoms with E-state index in [1.807, 2.05) is 19.1 Å². The van der Waals surface area contributed by atoms with Crippen molar-refractivity contribution in [2.75, 3.05) is 6.61 Å². The molecule has 3 aromatic rings. The number of pyridine rings is 1. The second-order valence-electron chi connectivity index (χ2n) is 5.00. The van der Waals surface area contributed by atoms with E-state index in [1.165, 1.54) is 10.6 Å². The molecule has 0 atom stereocenters. The van der Waals surface area contributed by atoms with Gasteiger partial charge in [0.05, 0.1) is 13.2 Å². The third kappa shape index (κ3) is 2.96. The van der Waals surface area contributed by atoms with Gasteiger partial charge in [0, 0.05) is 11.6 Å². The van der Waals surface area contributed by atoms with E-state index < -0.39 is 5.97 Å². The molecule has 6 heteroatoms. The van der Waals surface area contributed by atoms with Gasteiger partial charge in [0.25, 0.3) is 5.56 Å². The number of aromatic carboxylic acids is 1. The summed E-state index contributed by atoms with van der Waals surface area (Å²) in [5, 5.41) is 10.2. The van der Waals surface area contributed by atoms with E-state index in [9.17, 15) is 9.59 Å². The summed E-state index contributed by atoms with van der Waals surface area (Å²) >= 11 is 0. The lowest BCUT2D eigenvalue weighted by Gasteiger charge is -2.07.